The summed E-state index contributed by atoms with van der Waals surface area (Å²) in [4.78, 5) is 81.6. The van der Waals surface area contributed by atoms with Crippen molar-refractivity contribution in [2.45, 2.75) is 55.1 Å². The van der Waals surface area contributed by atoms with Crippen molar-refractivity contribution in [3.8, 4) is 0 Å². The summed E-state index contributed by atoms with van der Waals surface area (Å²) >= 11 is 0.897. The standard InChI is InChI=1S/C27H29F2N6O9PS2/c1-14(36)34-8-7-18-4-5-20(23(37)32-17-11-30-26(31-12-17)47(2,43)44)35(18)25(39)19(13-34)33-24(38)22-10-15-9-16(3-6-21(15)46-22)27(28,29)45(40,41)42/h3,6,9-12,18-20H,4-5,7-8,13H2,1-2H3,(H,32,37)(H,33,38)(H2,40,41,42)/t18-,19+,20+/m1/s1. The van der Waals surface area contributed by atoms with E-state index in [0.29, 0.717) is 17.5 Å². The van der Waals surface area contributed by atoms with E-state index in [4.69, 9.17) is 9.79 Å². The molecule has 4 amide bonds. The number of amides is 4. The fourth-order valence-corrected chi connectivity index (χ4v) is 7.47. The first-order chi connectivity index (χ1) is 21.9. The third-order valence-electron chi connectivity index (χ3n) is 7.92. The van der Waals surface area contributed by atoms with Crippen LogP contribution in [0.1, 0.15) is 41.4 Å². The second-order valence-electron chi connectivity index (χ2n) is 11.2. The van der Waals surface area contributed by atoms with Crippen molar-refractivity contribution in [1.82, 2.24) is 25.1 Å². The number of rotatable bonds is 7. The van der Waals surface area contributed by atoms with Gasteiger partial charge >= 0.3 is 13.3 Å². The molecule has 4 N–H and O–H groups in total. The minimum Gasteiger partial charge on any atom is -0.340 e. The van der Waals surface area contributed by atoms with Gasteiger partial charge in [-0.05, 0) is 42.8 Å². The van der Waals surface area contributed by atoms with Crippen molar-refractivity contribution in [3.63, 3.8) is 0 Å². The molecular weight excluding hydrogens is 685 g/mol. The van der Waals surface area contributed by atoms with Crippen molar-refractivity contribution in [1.29, 1.82) is 0 Å². The van der Waals surface area contributed by atoms with Gasteiger partial charge < -0.3 is 30.2 Å². The van der Waals surface area contributed by atoms with Crippen molar-refractivity contribution < 1.29 is 50.7 Å². The fourth-order valence-electron chi connectivity index (χ4n) is 5.56. The number of benzene rings is 1. The zero-order valence-corrected chi connectivity index (χ0v) is 27.3. The second-order valence-corrected chi connectivity index (χ2v) is 15.9. The molecule has 2 aromatic heterocycles. The van der Waals surface area contributed by atoms with E-state index in [1.807, 2.05) is 0 Å². The molecule has 2 saturated heterocycles. The molecule has 15 nitrogen and oxygen atoms in total. The van der Waals surface area contributed by atoms with Crippen molar-refractivity contribution >= 4 is 68.2 Å². The summed E-state index contributed by atoms with van der Waals surface area (Å²) in [6, 6.07) is 1.47. The van der Waals surface area contributed by atoms with Crippen LogP contribution in [-0.4, -0.2) is 99.1 Å². The van der Waals surface area contributed by atoms with Crippen molar-refractivity contribution in [2.75, 3.05) is 24.7 Å². The average molecular weight is 715 g/mol. The van der Waals surface area contributed by atoms with Gasteiger partial charge in [-0.2, -0.15) is 8.78 Å². The minimum absolute atomic E-state index is 0.00526. The quantitative estimate of drug-likeness (QED) is 0.204. The van der Waals surface area contributed by atoms with Crippen LogP contribution in [-0.2, 0) is 34.4 Å². The Bertz CT molecular complexity index is 1920. The monoisotopic (exact) mass is 714 g/mol. The van der Waals surface area contributed by atoms with Gasteiger partial charge in [0.1, 0.15) is 12.1 Å². The molecule has 0 spiro atoms. The number of halogens is 2. The van der Waals surface area contributed by atoms with Crippen LogP contribution in [0.3, 0.4) is 0 Å². The van der Waals surface area contributed by atoms with Gasteiger partial charge in [0.25, 0.3) is 5.91 Å². The van der Waals surface area contributed by atoms with E-state index in [1.54, 1.807) is 0 Å². The largest absolute Gasteiger partial charge is 0.399 e. The van der Waals surface area contributed by atoms with E-state index >= 15 is 0 Å². The lowest BCUT2D eigenvalue weighted by Crippen LogP contribution is -2.60. The number of anilines is 1. The molecule has 5 rings (SSSR count). The number of sulfone groups is 1. The molecule has 0 aliphatic carbocycles. The third-order valence-corrected chi connectivity index (χ3v) is 10.9. The summed E-state index contributed by atoms with van der Waals surface area (Å²) in [6.45, 7) is 1.36. The average Bonchev–Trinajstić information content (AvgIpc) is 3.60. The predicted octanol–water partition coefficient (Wildman–Crippen LogP) is 1.67. The Morgan fingerprint density at radius 3 is 2.40 bits per heavy atom. The maximum absolute atomic E-state index is 14.3. The van der Waals surface area contributed by atoms with E-state index in [9.17, 15) is 40.9 Å². The first-order valence-electron chi connectivity index (χ1n) is 14.1. The van der Waals surface area contributed by atoms with Crippen LogP contribution >= 0.6 is 18.9 Å². The highest BCUT2D eigenvalue weighted by molar-refractivity contribution is 7.90. The number of carbonyl (C=O) groups is 4. The number of nitrogens with one attached hydrogen (secondary N) is 2. The molecule has 2 aliphatic rings. The van der Waals surface area contributed by atoms with Crippen LogP contribution in [0.15, 0.2) is 41.8 Å². The van der Waals surface area contributed by atoms with Gasteiger partial charge in [0.15, 0.2) is 0 Å². The first kappa shape index (κ1) is 34.4. The number of hydrogen-bond donors (Lipinski definition) is 4. The predicted molar refractivity (Wildman–Crippen MR) is 163 cm³/mol. The summed E-state index contributed by atoms with van der Waals surface area (Å²) in [5.74, 6) is -2.31. The van der Waals surface area contributed by atoms with Crippen LogP contribution in [0.25, 0.3) is 10.1 Å². The topological polar surface area (TPSA) is 216 Å². The van der Waals surface area contributed by atoms with Crippen LogP contribution < -0.4 is 10.6 Å². The Balaban J connectivity index is 1.38. The fraction of sp³-hybridized carbons (Fsp3) is 0.407. The van der Waals surface area contributed by atoms with Gasteiger partial charge in [0.2, 0.25) is 32.7 Å². The number of hydrogen-bond acceptors (Lipinski definition) is 10. The first-order valence-corrected chi connectivity index (χ1v) is 18.4. The van der Waals surface area contributed by atoms with Crippen LogP contribution in [0, 0.1) is 0 Å². The highest BCUT2D eigenvalue weighted by Crippen LogP contribution is 2.59. The molecule has 0 saturated carbocycles. The number of carbonyl (C=O) groups excluding carboxylic acids is 4. The number of fused-ring (bicyclic) bond motifs is 2. The lowest BCUT2D eigenvalue weighted by Gasteiger charge is -2.38. The van der Waals surface area contributed by atoms with Gasteiger partial charge in [0, 0.05) is 42.6 Å². The number of thiophene rings is 1. The van der Waals surface area contributed by atoms with Crippen LogP contribution in [0.2, 0.25) is 0 Å². The lowest BCUT2D eigenvalue weighted by molar-refractivity contribution is -0.143. The molecule has 0 bridgehead atoms. The Morgan fingerprint density at radius 1 is 1.11 bits per heavy atom. The molecule has 0 radical (unpaired) electrons. The highest BCUT2D eigenvalue weighted by atomic mass is 32.2. The molecular formula is C27H29F2N6O9PS2. The molecule has 20 heteroatoms. The Hall–Kier alpha value is -3.90. The lowest BCUT2D eigenvalue weighted by atomic mass is 10.1. The maximum Gasteiger partial charge on any atom is 0.399 e. The molecule has 0 unspecified atom stereocenters. The van der Waals surface area contributed by atoms with E-state index in [-0.39, 0.29) is 41.4 Å². The van der Waals surface area contributed by atoms with Gasteiger partial charge in [-0.15, -0.1) is 11.3 Å². The molecule has 4 heterocycles. The number of nitrogens with zero attached hydrogens (tertiary/aromatic N) is 4. The SMILES string of the molecule is CC(=O)N1CC[C@H]2CC[C@@H](C(=O)Nc3cnc(S(C)(=O)=O)nc3)N2C(=O)[C@@H](NC(=O)c2cc3cc(C(F)(F)P(=O)(O)O)ccc3s2)C1. The molecule has 2 fully saturated rings. The molecule has 252 valence electrons. The summed E-state index contributed by atoms with van der Waals surface area (Å²) in [5, 5.41) is 4.90. The van der Waals surface area contributed by atoms with E-state index in [1.165, 1.54) is 28.9 Å². The second kappa shape index (κ2) is 12.6. The minimum atomic E-state index is -5.82. The van der Waals surface area contributed by atoms with E-state index < -0.39 is 69.7 Å². The zero-order valence-electron chi connectivity index (χ0n) is 24.8. The van der Waals surface area contributed by atoms with Gasteiger partial charge in [-0.25, -0.2) is 18.4 Å². The Labute approximate surface area is 270 Å². The maximum atomic E-state index is 14.3. The summed E-state index contributed by atoms with van der Waals surface area (Å²) in [7, 11) is -9.49. The summed E-state index contributed by atoms with van der Waals surface area (Å²) in [6.07, 6.45) is 4.25. The van der Waals surface area contributed by atoms with Crippen LogP contribution in [0.4, 0.5) is 14.5 Å². The molecule has 47 heavy (non-hydrogen) atoms. The normalized spacial score (nSPS) is 20.8. The molecule has 2 aliphatic heterocycles. The zero-order chi connectivity index (χ0) is 34.5. The molecule has 3 atom stereocenters. The van der Waals surface area contributed by atoms with Gasteiger partial charge in [0.05, 0.1) is 23.0 Å². The highest BCUT2D eigenvalue weighted by Gasteiger charge is 2.50. The Kier molecular flexibility index (Phi) is 9.24. The van der Waals surface area contributed by atoms with Crippen molar-refractivity contribution in [2.24, 2.45) is 0 Å². The van der Waals surface area contributed by atoms with Gasteiger partial charge in [-0.1, -0.05) is 6.07 Å². The number of aromatic nitrogens is 2. The number of alkyl halides is 2. The van der Waals surface area contributed by atoms with Gasteiger partial charge in [-0.3, -0.25) is 23.7 Å². The molecule has 3 aromatic rings. The van der Waals surface area contributed by atoms with Crippen molar-refractivity contribution in [3.05, 3.63) is 47.1 Å². The van der Waals surface area contributed by atoms with E-state index in [0.717, 1.165) is 42.1 Å². The molecule has 1 aromatic carbocycles. The summed E-state index contributed by atoms with van der Waals surface area (Å²) in [5.41, 5.74) is -5.28. The Morgan fingerprint density at radius 2 is 1.79 bits per heavy atom. The van der Waals surface area contributed by atoms with Crippen LogP contribution in [0.5, 0.6) is 0 Å². The smallest absolute Gasteiger partial charge is 0.340 e. The summed E-state index contributed by atoms with van der Waals surface area (Å²) < 4.78 is 63.6. The van der Waals surface area contributed by atoms with E-state index in [2.05, 4.69) is 20.6 Å². The third kappa shape index (κ3) is 7.03.